The number of rotatable bonds is 5. The lowest BCUT2D eigenvalue weighted by molar-refractivity contribution is -0.125. The van der Waals surface area contributed by atoms with Gasteiger partial charge in [0, 0.05) is 25.2 Å². The van der Waals surface area contributed by atoms with Crippen LogP contribution in [0.15, 0.2) is 24.4 Å². The quantitative estimate of drug-likeness (QED) is 0.608. The van der Waals surface area contributed by atoms with E-state index in [1.165, 1.54) is 45.9 Å². The van der Waals surface area contributed by atoms with E-state index in [-0.39, 0.29) is 5.91 Å². The molecule has 1 aromatic carbocycles. The fourth-order valence-corrected chi connectivity index (χ4v) is 5.47. The number of likely N-dealkylation sites (tertiary alicyclic amines) is 1. The lowest BCUT2D eigenvalue weighted by Crippen LogP contribution is -2.45. The normalized spacial score (nSPS) is 19.4. The van der Waals surface area contributed by atoms with Crippen LogP contribution in [-0.4, -0.2) is 73.6 Å². The van der Waals surface area contributed by atoms with Crippen molar-refractivity contribution < 1.29 is 14.3 Å². The molecule has 1 aromatic heterocycles. The summed E-state index contributed by atoms with van der Waals surface area (Å²) in [7, 11) is 5.48. The largest absolute Gasteiger partial charge is 0.495 e. The molecule has 2 amide bonds. The Bertz CT molecular complexity index is 1160. The minimum Gasteiger partial charge on any atom is -0.495 e. The number of fused-ring (bicyclic) bond motifs is 1. The predicted octanol–water partition coefficient (Wildman–Crippen LogP) is 3.79. The fraction of sp³-hybridized carbons (Fsp3) is 0.571. The summed E-state index contributed by atoms with van der Waals surface area (Å²) in [6.45, 7) is 7.20. The minimum absolute atomic E-state index is 0.0484. The van der Waals surface area contributed by atoms with Crippen LogP contribution in [0.5, 0.6) is 5.75 Å². The molecule has 0 bridgehead atoms. The van der Waals surface area contributed by atoms with Gasteiger partial charge in [0.15, 0.2) is 5.82 Å². The molecule has 1 saturated heterocycles. The third-order valence-corrected chi connectivity index (χ3v) is 7.66. The molecule has 0 radical (unpaired) electrons. The van der Waals surface area contributed by atoms with Gasteiger partial charge in [-0.05, 0) is 77.9 Å². The summed E-state index contributed by atoms with van der Waals surface area (Å²) in [5.74, 6) is 1.12. The van der Waals surface area contributed by atoms with Crippen molar-refractivity contribution in [1.29, 1.82) is 0 Å². The van der Waals surface area contributed by atoms with E-state index in [9.17, 15) is 9.59 Å². The number of primary amides is 1. The van der Waals surface area contributed by atoms with Gasteiger partial charge in [-0.15, -0.1) is 0 Å². The number of nitrogens with zero attached hydrogens (tertiary/aromatic N) is 5. The maximum atomic E-state index is 13.1. The lowest BCUT2D eigenvalue weighted by atomic mass is 9.91. The second-order valence-electron chi connectivity index (χ2n) is 11.1. The van der Waals surface area contributed by atoms with Gasteiger partial charge in [-0.3, -0.25) is 9.59 Å². The zero-order valence-corrected chi connectivity index (χ0v) is 23.3. The summed E-state index contributed by atoms with van der Waals surface area (Å²) in [6, 6.07) is 5.26. The van der Waals surface area contributed by atoms with Crippen LogP contribution in [0.3, 0.4) is 0 Å². The first-order valence-corrected chi connectivity index (χ1v) is 13.5. The molecule has 206 valence electrons. The van der Waals surface area contributed by atoms with Crippen molar-refractivity contribution in [2.24, 2.45) is 11.1 Å². The van der Waals surface area contributed by atoms with E-state index < -0.39 is 11.3 Å². The molecule has 2 aliphatic heterocycles. The number of anilines is 4. The van der Waals surface area contributed by atoms with Gasteiger partial charge in [-0.2, -0.15) is 4.98 Å². The van der Waals surface area contributed by atoms with Gasteiger partial charge in [-0.1, -0.05) is 12.8 Å². The number of hydrogen-bond acceptors (Lipinski definition) is 8. The van der Waals surface area contributed by atoms with Gasteiger partial charge < -0.3 is 30.5 Å². The van der Waals surface area contributed by atoms with Gasteiger partial charge in [0.25, 0.3) is 0 Å². The number of carbonyl (C=O) groups is 2. The van der Waals surface area contributed by atoms with Crippen molar-refractivity contribution in [3.63, 3.8) is 0 Å². The Hall–Kier alpha value is -3.40. The van der Waals surface area contributed by atoms with Crippen molar-refractivity contribution in [1.82, 2.24) is 14.9 Å². The molecule has 1 saturated carbocycles. The number of nitrogens with one attached hydrogen (secondary N) is 1. The van der Waals surface area contributed by atoms with E-state index in [2.05, 4.69) is 27.1 Å². The Balaban J connectivity index is 0.000000494. The Morgan fingerprint density at radius 1 is 1.13 bits per heavy atom. The van der Waals surface area contributed by atoms with Crippen LogP contribution in [0.25, 0.3) is 0 Å². The zero-order valence-electron chi connectivity index (χ0n) is 23.3. The monoisotopic (exact) mass is 523 g/mol. The minimum atomic E-state index is -0.542. The van der Waals surface area contributed by atoms with Crippen LogP contribution in [-0.2, 0) is 4.79 Å². The highest BCUT2D eigenvalue weighted by atomic mass is 16.5. The maximum Gasteiger partial charge on any atom is 0.248 e. The number of hydrogen-bond donors (Lipinski definition) is 2. The first kappa shape index (κ1) is 27.6. The molecule has 5 rings (SSSR count). The maximum absolute atomic E-state index is 13.1. The van der Waals surface area contributed by atoms with Crippen molar-refractivity contribution in [3.05, 3.63) is 30.0 Å². The number of benzene rings is 1. The van der Waals surface area contributed by atoms with Crippen LogP contribution in [0, 0.1) is 5.41 Å². The standard InChI is InChI=1S/C23H30N6O3.C5H11N/c1-23(2)13-29(15-7-5-6-8-15)20-17(28(3)21(23)31)12-25-22(27-20)26-16-10-9-14(19(24)30)11-18(16)32-4;1-6-4-2-3-5-6/h9-12,15H,5-8,13H2,1-4H3,(H2,24,30)(H,25,26,27);2-5H2,1H3. The second-order valence-corrected chi connectivity index (χ2v) is 11.1. The molecule has 2 aromatic rings. The summed E-state index contributed by atoms with van der Waals surface area (Å²) >= 11 is 0. The van der Waals surface area contributed by atoms with Crippen LogP contribution < -0.4 is 25.6 Å². The zero-order chi connectivity index (χ0) is 27.4. The molecule has 0 spiro atoms. The average molecular weight is 524 g/mol. The Kier molecular flexibility index (Phi) is 8.40. The van der Waals surface area contributed by atoms with Crippen molar-refractivity contribution in [3.8, 4) is 5.75 Å². The third kappa shape index (κ3) is 6.01. The number of methoxy groups -OCH3 is 1. The molecule has 0 atom stereocenters. The highest BCUT2D eigenvalue weighted by molar-refractivity contribution is 6.01. The highest BCUT2D eigenvalue weighted by Gasteiger charge is 2.41. The van der Waals surface area contributed by atoms with Crippen molar-refractivity contribution in [2.45, 2.75) is 58.4 Å². The van der Waals surface area contributed by atoms with Crippen LogP contribution in [0.2, 0.25) is 0 Å². The highest BCUT2D eigenvalue weighted by Crippen LogP contribution is 2.40. The molecule has 3 heterocycles. The molecule has 10 heteroatoms. The van der Waals surface area contributed by atoms with Gasteiger partial charge in [0.2, 0.25) is 17.8 Å². The number of amides is 2. The first-order chi connectivity index (χ1) is 18.1. The SMILES string of the molecule is CN1CCCC1.COc1cc(C(N)=O)ccc1Nc1ncc2c(n1)N(C1CCCC1)CC(C)(C)C(=O)N2C. The lowest BCUT2D eigenvalue weighted by Gasteiger charge is -2.34. The second kappa shape index (κ2) is 11.6. The van der Waals surface area contributed by atoms with E-state index in [4.69, 9.17) is 15.5 Å². The summed E-state index contributed by atoms with van der Waals surface area (Å²) in [5.41, 5.74) is 6.50. The van der Waals surface area contributed by atoms with Crippen molar-refractivity contribution in [2.75, 3.05) is 56.0 Å². The van der Waals surface area contributed by atoms with Gasteiger partial charge in [-0.25, -0.2) is 4.98 Å². The summed E-state index contributed by atoms with van der Waals surface area (Å²) < 4.78 is 5.41. The van der Waals surface area contributed by atoms with E-state index in [0.717, 1.165) is 18.7 Å². The molecular formula is C28H41N7O3. The number of carbonyl (C=O) groups excluding carboxylic acids is 2. The molecule has 38 heavy (non-hydrogen) atoms. The smallest absolute Gasteiger partial charge is 0.248 e. The summed E-state index contributed by atoms with van der Waals surface area (Å²) in [6.07, 6.45) is 9.05. The van der Waals surface area contributed by atoms with Crippen LogP contribution >= 0.6 is 0 Å². The average Bonchev–Trinajstić information content (AvgIpc) is 3.60. The van der Waals surface area contributed by atoms with Gasteiger partial charge in [0.05, 0.1) is 24.4 Å². The molecular weight excluding hydrogens is 482 g/mol. The van der Waals surface area contributed by atoms with Gasteiger partial charge in [0.1, 0.15) is 11.4 Å². The van der Waals surface area contributed by atoms with Gasteiger partial charge >= 0.3 is 0 Å². The molecule has 3 N–H and O–H groups in total. The molecule has 1 aliphatic carbocycles. The number of nitrogens with two attached hydrogens (primary N) is 1. The molecule has 2 fully saturated rings. The van der Waals surface area contributed by atoms with E-state index in [0.29, 0.717) is 41.2 Å². The summed E-state index contributed by atoms with van der Waals surface area (Å²) in [5, 5.41) is 3.19. The Morgan fingerprint density at radius 2 is 1.82 bits per heavy atom. The number of aromatic nitrogens is 2. The van der Waals surface area contributed by atoms with Crippen LogP contribution in [0.1, 0.15) is 62.7 Å². The molecule has 3 aliphatic rings. The van der Waals surface area contributed by atoms with E-state index >= 15 is 0 Å². The first-order valence-electron chi connectivity index (χ1n) is 13.5. The van der Waals surface area contributed by atoms with E-state index in [1.54, 1.807) is 36.3 Å². The van der Waals surface area contributed by atoms with Crippen LogP contribution in [0.4, 0.5) is 23.1 Å². The molecule has 10 nitrogen and oxygen atoms in total. The number of ether oxygens (including phenoxy) is 1. The van der Waals surface area contributed by atoms with E-state index in [1.807, 2.05) is 13.8 Å². The Morgan fingerprint density at radius 3 is 2.39 bits per heavy atom. The molecule has 0 unspecified atom stereocenters. The predicted molar refractivity (Wildman–Crippen MR) is 150 cm³/mol. The van der Waals surface area contributed by atoms with Crippen molar-refractivity contribution >= 4 is 35.0 Å². The fourth-order valence-electron chi connectivity index (χ4n) is 5.47. The third-order valence-electron chi connectivity index (χ3n) is 7.66. The Labute approximate surface area is 225 Å². The summed E-state index contributed by atoms with van der Waals surface area (Å²) in [4.78, 5) is 40.2. The topological polar surface area (TPSA) is 117 Å².